The Morgan fingerprint density at radius 2 is 1.96 bits per heavy atom. The van der Waals surface area contributed by atoms with Crippen molar-refractivity contribution in [3.8, 4) is 0 Å². The molecule has 1 aliphatic rings. The van der Waals surface area contributed by atoms with E-state index in [0.717, 1.165) is 25.3 Å². The van der Waals surface area contributed by atoms with Crippen LogP contribution in [0.1, 0.15) is 43.5 Å². The van der Waals surface area contributed by atoms with Gasteiger partial charge >= 0.3 is 5.97 Å². The Morgan fingerprint density at radius 3 is 2.63 bits per heavy atom. The average molecular weight is 417 g/mol. The van der Waals surface area contributed by atoms with Crippen molar-refractivity contribution in [3.05, 3.63) is 28.8 Å². The highest BCUT2D eigenvalue weighted by Crippen LogP contribution is 2.29. The standard InChI is InChI=1S/C18H25ClN2O5S/c1-11-5-4-6-16(12(11)2)21-17(22)10-26-18(23)14-9-13(7-8-15(14)19)27(24,25)20-3/h7-9,11-12,16,20H,4-6,10H2,1-3H3,(H,21,22)/t11-,12-,16+/m1/s1. The Kier molecular flexibility index (Phi) is 7.25. The van der Waals surface area contributed by atoms with Crippen LogP contribution in [0.3, 0.4) is 0 Å². The molecule has 0 heterocycles. The van der Waals surface area contributed by atoms with Crippen molar-refractivity contribution in [1.29, 1.82) is 0 Å². The Balaban J connectivity index is 1.99. The van der Waals surface area contributed by atoms with E-state index in [9.17, 15) is 18.0 Å². The van der Waals surface area contributed by atoms with Gasteiger partial charge in [0.05, 0.1) is 15.5 Å². The van der Waals surface area contributed by atoms with Gasteiger partial charge in [-0.05, 0) is 43.5 Å². The molecule has 2 rings (SSSR count). The molecular formula is C18H25ClN2O5S. The fourth-order valence-electron chi connectivity index (χ4n) is 3.19. The zero-order valence-corrected chi connectivity index (χ0v) is 17.2. The molecule has 0 aromatic heterocycles. The van der Waals surface area contributed by atoms with Gasteiger partial charge in [-0.1, -0.05) is 38.3 Å². The molecule has 7 nitrogen and oxygen atoms in total. The predicted octanol–water partition coefficient (Wildman–Crippen LogP) is 2.35. The van der Waals surface area contributed by atoms with Crippen LogP contribution in [0.4, 0.5) is 0 Å². The quantitative estimate of drug-likeness (QED) is 0.693. The topological polar surface area (TPSA) is 102 Å². The largest absolute Gasteiger partial charge is 0.452 e. The Labute approximate surface area is 164 Å². The molecule has 1 aromatic rings. The van der Waals surface area contributed by atoms with Crippen LogP contribution < -0.4 is 10.0 Å². The van der Waals surface area contributed by atoms with Gasteiger partial charge in [0.2, 0.25) is 10.0 Å². The lowest BCUT2D eigenvalue weighted by molar-refractivity contribution is -0.125. The Bertz CT molecular complexity index is 812. The van der Waals surface area contributed by atoms with Crippen LogP contribution in [-0.4, -0.2) is 40.0 Å². The molecule has 0 aliphatic heterocycles. The van der Waals surface area contributed by atoms with Gasteiger partial charge in [-0.25, -0.2) is 17.9 Å². The van der Waals surface area contributed by atoms with Crippen LogP contribution >= 0.6 is 11.6 Å². The first-order valence-corrected chi connectivity index (χ1v) is 10.7. The summed E-state index contributed by atoms with van der Waals surface area (Å²) in [6.07, 6.45) is 3.10. The summed E-state index contributed by atoms with van der Waals surface area (Å²) in [4.78, 5) is 24.3. The van der Waals surface area contributed by atoms with Gasteiger partial charge in [-0.3, -0.25) is 4.79 Å². The number of benzene rings is 1. The molecule has 0 saturated heterocycles. The first-order chi connectivity index (χ1) is 12.7. The van der Waals surface area contributed by atoms with E-state index >= 15 is 0 Å². The molecule has 0 radical (unpaired) electrons. The summed E-state index contributed by atoms with van der Waals surface area (Å²) in [5, 5.41) is 2.96. The normalized spacial score (nSPS) is 22.9. The molecule has 27 heavy (non-hydrogen) atoms. The molecule has 3 atom stereocenters. The second-order valence-electron chi connectivity index (χ2n) is 6.87. The van der Waals surface area contributed by atoms with Gasteiger partial charge in [-0.2, -0.15) is 0 Å². The van der Waals surface area contributed by atoms with Gasteiger partial charge in [-0.15, -0.1) is 0 Å². The van der Waals surface area contributed by atoms with Gasteiger partial charge in [0.15, 0.2) is 6.61 Å². The van der Waals surface area contributed by atoms with E-state index in [2.05, 4.69) is 23.9 Å². The number of rotatable bonds is 6. The molecule has 150 valence electrons. The number of halogens is 1. The summed E-state index contributed by atoms with van der Waals surface area (Å²) >= 11 is 5.97. The Morgan fingerprint density at radius 1 is 1.26 bits per heavy atom. The summed E-state index contributed by atoms with van der Waals surface area (Å²) in [6, 6.07) is 3.77. The van der Waals surface area contributed by atoms with Crippen molar-refractivity contribution in [2.45, 2.75) is 44.0 Å². The third-order valence-electron chi connectivity index (χ3n) is 5.12. The van der Waals surface area contributed by atoms with E-state index in [1.807, 2.05) is 0 Å². The van der Waals surface area contributed by atoms with E-state index in [4.69, 9.17) is 16.3 Å². The first-order valence-electron chi connectivity index (χ1n) is 8.85. The van der Waals surface area contributed by atoms with Crippen molar-refractivity contribution in [1.82, 2.24) is 10.0 Å². The highest BCUT2D eigenvalue weighted by Gasteiger charge is 2.28. The third kappa shape index (κ3) is 5.43. The van der Waals surface area contributed by atoms with Crippen LogP contribution in [0.25, 0.3) is 0 Å². The van der Waals surface area contributed by atoms with Crippen LogP contribution in [0, 0.1) is 11.8 Å². The second kappa shape index (κ2) is 9.03. The molecule has 0 spiro atoms. The maximum absolute atomic E-state index is 12.2. The van der Waals surface area contributed by atoms with E-state index in [0.29, 0.717) is 11.8 Å². The van der Waals surface area contributed by atoms with Crippen LogP contribution in [-0.2, 0) is 19.6 Å². The van der Waals surface area contributed by atoms with E-state index < -0.39 is 22.6 Å². The number of nitrogens with one attached hydrogen (secondary N) is 2. The predicted molar refractivity (Wildman–Crippen MR) is 102 cm³/mol. The number of carbonyl (C=O) groups is 2. The smallest absolute Gasteiger partial charge is 0.340 e. The van der Waals surface area contributed by atoms with Gasteiger partial charge in [0.25, 0.3) is 5.91 Å². The zero-order chi connectivity index (χ0) is 20.2. The van der Waals surface area contributed by atoms with Crippen molar-refractivity contribution < 1.29 is 22.7 Å². The summed E-state index contributed by atoms with van der Waals surface area (Å²) in [5.74, 6) is -0.351. The first kappa shape index (κ1) is 21.7. The third-order valence-corrected chi connectivity index (χ3v) is 6.87. The van der Waals surface area contributed by atoms with Gasteiger partial charge in [0, 0.05) is 6.04 Å². The highest BCUT2D eigenvalue weighted by molar-refractivity contribution is 7.89. The molecule has 0 bridgehead atoms. The maximum atomic E-state index is 12.2. The van der Waals surface area contributed by atoms with E-state index in [1.165, 1.54) is 19.2 Å². The van der Waals surface area contributed by atoms with Crippen LogP contribution in [0.2, 0.25) is 5.02 Å². The SMILES string of the molecule is CNS(=O)(=O)c1ccc(Cl)c(C(=O)OCC(=O)N[C@H]2CCC[C@@H](C)[C@H]2C)c1. The minimum absolute atomic E-state index is 0.0465. The van der Waals surface area contributed by atoms with Crippen molar-refractivity contribution in [2.24, 2.45) is 11.8 Å². The van der Waals surface area contributed by atoms with Crippen molar-refractivity contribution in [3.63, 3.8) is 0 Å². The van der Waals surface area contributed by atoms with Crippen LogP contribution in [0.5, 0.6) is 0 Å². The number of sulfonamides is 1. The fourth-order valence-corrected chi connectivity index (χ4v) is 4.14. The molecule has 1 amide bonds. The molecule has 9 heteroatoms. The van der Waals surface area contributed by atoms with Crippen LogP contribution in [0.15, 0.2) is 23.1 Å². The van der Waals surface area contributed by atoms with Crippen molar-refractivity contribution >= 4 is 33.5 Å². The monoisotopic (exact) mass is 416 g/mol. The number of ether oxygens (including phenoxy) is 1. The summed E-state index contributed by atoms with van der Waals surface area (Å²) in [6.45, 7) is 3.82. The number of esters is 1. The minimum Gasteiger partial charge on any atom is -0.452 e. The number of amides is 1. The molecule has 1 fully saturated rings. The maximum Gasteiger partial charge on any atom is 0.340 e. The summed E-state index contributed by atoms with van der Waals surface area (Å²) < 4.78 is 30.9. The fraction of sp³-hybridized carbons (Fsp3) is 0.556. The molecule has 2 N–H and O–H groups in total. The number of carbonyl (C=O) groups excluding carboxylic acids is 2. The number of hydrogen-bond acceptors (Lipinski definition) is 5. The lowest BCUT2D eigenvalue weighted by atomic mass is 9.78. The molecular weight excluding hydrogens is 392 g/mol. The zero-order valence-electron chi connectivity index (χ0n) is 15.6. The summed E-state index contributed by atoms with van der Waals surface area (Å²) in [7, 11) is -2.47. The average Bonchev–Trinajstić information content (AvgIpc) is 2.63. The summed E-state index contributed by atoms with van der Waals surface area (Å²) in [5.41, 5.74) is -0.111. The second-order valence-corrected chi connectivity index (χ2v) is 9.16. The molecule has 1 saturated carbocycles. The minimum atomic E-state index is -3.73. The molecule has 0 unspecified atom stereocenters. The van der Waals surface area contributed by atoms with Crippen molar-refractivity contribution in [2.75, 3.05) is 13.7 Å². The van der Waals surface area contributed by atoms with E-state index in [-0.39, 0.29) is 27.4 Å². The highest BCUT2D eigenvalue weighted by atomic mass is 35.5. The molecule has 1 aromatic carbocycles. The lowest BCUT2D eigenvalue weighted by Gasteiger charge is -2.34. The van der Waals surface area contributed by atoms with E-state index in [1.54, 1.807) is 0 Å². The van der Waals surface area contributed by atoms with Gasteiger partial charge in [0.1, 0.15) is 0 Å². The Hall–Kier alpha value is -1.64. The van der Waals surface area contributed by atoms with Gasteiger partial charge < -0.3 is 10.1 Å². The molecule has 1 aliphatic carbocycles. The lowest BCUT2D eigenvalue weighted by Crippen LogP contribution is -2.45. The number of hydrogen-bond donors (Lipinski definition) is 2.